The fraction of sp³-hybridized carbons (Fsp3) is 0.250. The molecular weight excluding hydrogens is 334 g/mol. The molecule has 7 nitrogen and oxygen atoms in total. The molecule has 2 rings (SSSR count). The first-order valence-electron chi connectivity index (χ1n) is 7.32. The normalized spacial score (nSPS) is 10.4. The van der Waals surface area contributed by atoms with Crippen molar-refractivity contribution in [2.45, 2.75) is 19.4 Å². The van der Waals surface area contributed by atoms with Crippen LogP contribution in [0.4, 0.5) is 5.69 Å². The van der Waals surface area contributed by atoms with Crippen molar-refractivity contribution in [3.63, 3.8) is 0 Å². The second kappa shape index (κ2) is 8.26. The minimum absolute atomic E-state index is 0.0612. The topological polar surface area (TPSA) is 94.2 Å². The zero-order valence-corrected chi connectivity index (χ0v) is 13.5. The van der Waals surface area contributed by atoms with E-state index in [1.165, 1.54) is 22.8 Å². The van der Waals surface area contributed by atoms with E-state index in [1.54, 1.807) is 24.4 Å². The number of carbonyl (C=O) groups excluding carboxylic acids is 1. The monoisotopic (exact) mass is 349 g/mol. The predicted molar refractivity (Wildman–Crippen MR) is 90.1 cm³/mol. The Morgan fingerprint density at radius 3 is 2.75 bits per heavy atom. The van der Waals surface area contributed by atoms with Crippen LogP contribution < -0.4 is 10.9 Å². The summed E-state index contributed by atoms with van der Waals surface area (Å²) in [4.78, 5) is 33.9. The van der Waals surface area contributed by atoms with Crippen molar-refractivity contribution in [2.24, 2.45) is 0 Å². The van der Waals surface area contributed by atoms with E-state index in [0.29, 0.717) is 30.1 Å². The standard InChI is InChI=1S/C16H16ClN3O4/c17-13-6-7-16(22)19(11-13)9-3-8-18-15(21)10-12-4-1-2-5-14(12)20(23)24/h1-2,4-7,11H,3,8-10H2,(H,18,21). The highest BCUT2D eigenvalue weighted by atomic mass is 35.5. The summed E-state index contributed by atoms with van der Waals surface area (Å²) in [6, 6.07) is 9.05. The summed E-state index contributed by atoms with van der Waals surface area (Å²) >= 11 is 5.83. The number of nitro groups is 1. The first-order chi connectivity index (χ1) is 11.5. The molecule has 0 saturated carbocycles. The Balaban J connectivity index is 1.83. The van der Waals surface area contributed by atoms with Gasteiger partial charge in [0, 0.05) is 37.0 Å². The van der Waals surface area contributed by atoms with Gasteiger partial charge in [0.15, 0.2) is 0 Å². The van der Waals surface area contributed by atoms with Gasteiger partial charge in [-0.2, -0.15) is 0 Å². The summed E-state index contributed by atoms with van der Waals surface area (Å²) in [5, 5.41) is 14.1. The molecule has 0 aliphatic carbocycles. The van der Waals surface area contributed by atoms with Gasteiger partial charge in [-0.05, 0) is 12.5 Å². The number of aryl methyl sites for hydroxylation is 1. The summed E-state index contributed by atoms with van der Waals surface area (Å²) < 4.78 is 1.47. The number of benzene rings is 1. The Kier molecular flexibility index (Phi) is 6.08. The Morgan fingerprint density at radius 1 is 1.25 bits per heavy atom. The van der Waals surface area contributed by atoms with Crippen LogP contribution in [0.15, 0.2) is 47.4 Å². The lowest BCUT2D eigenvalue weighted by Crippen LogP contribution is -2.28. The summed E-state index contributed by atoms with van der Waals surface area (Å²) in [6.07, 6.45) is 2.02. The van der Waals surface area contributed by atoms with Gasteiger partial charge in [0.1, 0.15) is 0 Å². The van der Waals surface area contributed by atoms with Crippen molar-refractivity contribution < 1.29 is 9.72 Å². The van der Waals surface area contributed by atoms with Gasteiger partial charge in [-0.3, -0.25) is 19.7 Å². The van der Waals surface area contributed by atoms with E-state index in [0.717, 1.165) is 0 Å². The average molecular weight is 350 g/mol. The number of nitro benzene ring substituents is 1. The molecule has 8 heteroatoms. The van der Waals surface area contributed by atoms with Crippen molar-refractivity contribution in [3.05, 3.63) is 73.6 Å². The van der Waals surface area contributed by atoms with Gasteiger partial charge in [0.05, 0.1) is 16.4 Å². The zero-order valence-electron chi connectivity index (χ0n) is 12.8. The molecular formula is C16H16ClN3O4. The molecule has 126 valence electrons. The number of halogens is 1. The van der Waals surface area contributed by atoms with E-state index in [-0.39, 0.29) is 23.6 Å². The smallest absolute Gasteiger partial charge is 0.273 e. The van der Waals surface area contributed by atoms with E-state index in [9.17, 15) is 19.7 Å². The van der Waals surface area contributed by atoms with E-state index in [2.05, 4.69) is 5.32 Å². The maximum absolute atomic E-state index is 11.9. The van der Waals surface area contributed by atoms with Crippen LogP contribution in [0, 0.1) is 10.1 Å². The first kappa shape index (κ1) is 17.7. The third-order valence-corrected chi connectivity index (χ3v) is 3.61. The Bertz CT molecular complexity index is 804. The SMILES string of the molecule is O=C(Cc1ccccc1[N+](=O)[O-])NCCCn1cc(Cl)ccc1=O. The lowest BCUT2D eigenvalue weighted by atomic mass is 10.1. The fourth-order valence-corrected chi connectivity index (χ4v) is 2.41. The van der Waals surface area contributed by atoms with Crippen molar-refractivity contribution in [3.8, 4) is 0 Å². The molecule has 0 aliphatic rings. The highest BCUT2D eigenvalue weighted by molar-refractivity contribution is 6.30. The van der Waals surface area contributed by atoms with Crippen LogP contribution >= 0.6 is 11.6 Å². The maximum atomic E-state index is 11.9. The number of amides is 1. The molecule has 0 aliphatic heterocycles. The van der Waals surface area contributed by atoms with Gasteiger partial charge in [-0.15, -0.1) is 0 Å². The number of hydrogen-bond acceptors (Lipinski definition) is 4. The molecule has 0 saturated heterocycles. The molecule has 24 heavy (non-hydrogen) atoms. The Morgan fingerprint density at radius 2 is 2.00 bits per heavy atom. The van der Waals surface area contributed by atoms with Crippen LogP contribution in [0.2, 0.25) is 5.02 Å². The van der Waals surface area contributed by atoms with Gasteiger partial charge in [0.2, 0.25) is 5.91 Å². The molecule has 0 atom stereocenters. The molecule has 0 radical (unpaired) electrons. The maximum Gasteiger partial charge on any atom is 0.273 e. The number of aromatic nitrogens is 1. The van der Waals surface area contributed by atoms with Crippen molar-refractivity contribution in [2.75, 3.05) is 6.54 Å². The van der Waals surface area contributed by atoms with Gasteiger partial charge in [-0.1, -0.05) is 29.8 Å². The van der Waals surface area contributed by atoms with Crippen LogP contribution in [0.1, 0.15) is 12.0 Å². The lowest BCUT2D eigenvalue weighted by molar-refractivity contribution is -0.385. The summed E-state index contributed by atoms with van der Waals surface area (Å²) in [7, 11) is 0. The summed E-state index contributed by atoms with van der Waals surface area (Å²) in [5.41, 5.74) is 0.134. The number of para-hydroxylation sites is 1. The first-order valence-corrected chi connectivity index (χ1v) is 7.70. The second-order valence-electron chi connectivity index (χ2n) is 5.15. The third-order valence-electron chi connectivity index (χ3n) is 3.38. The molecule has 1 aromatic heterocycles. The third kappa shape index (κ3) is 4.92. The highest BCUT2D eigenvalue weighted by Crippen LogP contribution is 2.17. The molecule has 1 N–H and O–H groups in total. The summed E-state index contributed by atoms with van der Waals surface area (Å²) in [6.45, 7) is 0.781. The van der Waals surface area contributed by atoms with Crippen LogP contribution in [-0.4, -0.2) is 21.9 Å². The molecule has 0 fully saturated rings. The number of rotatable bonds is 7. The lowest BCUT2D eigenvalue weighted by Gasteiger charge is -2.08. The molecule has 1 aromatic carbocycles. The van der Waals surface area contributed by atoms with Crippen molar-refractivity contribution in [1.29, 1.82) is 0 Å². The molecule has 1 amide bonds. The zero-order chi connectivity index (χ0) is 17.5. The van der Waals surface area contributed by atoms with Gasteiger partial charge in [-0.25, -0.2) is 0 Å². The highest BCUT2D eigenvalue weighted by Gasteiger charge is 2.15. The number of nitrogens with zero attached hydrogens (tertiary/aromatic N) is 2. The predicted octanol–water partition coefficient (Wildman–Crippen LogP) is 2.16. The Hall–Kier alpha value is -2.67. The Labute approximate surface area is 143 Å². The van der Waals surface area contributed by atoms with Crippen molar-refractivity contribution >= 4 is 23.2 Å². The van der Waals surface area contributed by atoms with Crippen LogP contribution in [-0.2, 0) is 17.8 Å². The molecule has 2 aromatic rings. The van der Waals surface area contributed by atoms with Crippen LogP contribution in [0.25, 0.3) is 0 Å². The number of hydrogen-bond donors (Lipinski definition) is 1. The quantitative estimate of drug-likeness (QED) is 0.471. The van der Waals surface area contributed by atoms with Gasteiger partial charge < -0.3 is 9.88 Å². The molecule has 1 heterocycles. The number of pyridine rings is 1. The number of carbonyl (C=O) groups is 1. The second-order valence-corrected chi connectivity index (χ2v) is 5.58. The summed E-state index contributed by atoms with van der Waals surface area (Å²) in [5.74, 6) is -0.303. The van der Waals surface area contributed by atoms with E-state index in [1.807, 2.05) is 0 Å². The van der Waals surface area contributed by atoms with Crippen LogP contribution in [0.3, 0.4) is 0 Å². The molecule has 0 unspecified atom stereocenters. The van der Waals surface area contributed by atoms with Gasteiger partial charge in [0.25, 0.3) is 11.2 Å². The minimum Gasteiger partial charge on any atom is -0.356 e. The van der Waals surface area contributed by atoms with Crippen LogP contribution in [0.5, 0.6) is 0 Å². The average Bonchev–Trinajstić information content (AvgIpc) is 2.55. The van der Waals surface area contributed by atoms with E-state index in [4.69, 9.17) is 11.6 Å². The number of nitrogens with one attached hydrogen (secondary N) is 1. The van der Waals surface area contributed by atoms with Crippen molar-refractivity contribution in [1.82, 2.24) is 9.88 Å². The minimum atomic E-state index is -0.506. The van der Waals surface area contributed by atoms with Gasteiger partial charge >= 0.3 is 0 Å². The largest absolute Gasteiger partial charge is 0.356 e. The molecule has 0 spiro atoms. The fourth-order valence-electron chi connectivity index (χ4n) is 2.23. The van der Waals surface area contributed by atoms with E-state index < -0.39 is 4.92 Å². The van der Waals surface area contributed by atoms with E-state index >= 15 is 0 Å². The molecule has 0 bridgehead atoms.